The van der Waals surface area contributed by atoms with Gasteiger partial charge >= 0.3 is 0 Å². The van der Waals surface area contributed by atoms with Crippen molar-refractivity contribution < 1.29 is 9.63 Å². The van der Waals surface area contributed by atoms with E-state index < -0.39 is 0 Å². The van der Waals surface area contributed by atoms with E-state index in [1.54, 1.807) is 12.1 Å². The zero-order chi connectivity index (χ0) is 12.5. The van der Waals surface area contributed by atoms with Crippen LogP contribution in [0.1, 0.15) is 11.6 Å². The van der Waals surface area contributed by atoms with Gasteiger partial charge in [0, 0.05) is 5.69 Å². The maximum Gasteiger partial charge on any atom is 0.213 e. The smallest absolute Gasteiger partial charge is 0.213 e. The number of aliphatic hydroxyl groups excluding tert-OH is 1. The van der Waals surface area contributed by atoms with E-state index in [1.165, 1.54) is 6.39 Å². The number of benzene rings is 1. The maximum absolute atomic E-state index is 9.34. The Bertz CT molecular complexity index is 674. The van der Waals surface area contributed by atoms with Gasteiger partial charge in [0.15, 0.2) is 5.82 Å². The molecule has 1 aromatic carbocycles. The summed E-state index contributed by atoms with van der Waals surface area (Å²) in [6.45, 7) is 0.235. The van der Waals surface area contributed by atoms with Crippen LogP contribution in [0.15, 0.2) is 29.1 Å². The van der Waals surface area contributed by atoms with Gasteiger partial charge in [-0.25, -0.2) is 4.98 Å². The Morgan fingerprint density at radius 1 is 1.39 bits per heavy atom. The first-order valence-corrected chi connectivity index (χ1v) is 5.38. The lowest BCUT2D eigenvalue weighted by atomic mass is 10.3. The molecule has 3 N–H and O–H groups in total. The normalized spacial score (nSPS) is 11.2. The fraction of sp³-hybridized carbons (Fsp3) is 0.182. The molecule has 2 aromatic heterocycles. The van der Waals surface area contributed by atoms with Crippen molar-refractivity contribution in [3.63, 3.8) is 0 Å². The Balaban J connectivity index is 2.13. The average molecular weight is 245 g/mol. The van der Waals surface area contributed by atoms with Gasteiger partial charge in [-0.2, -0.15) is 4.98 Å². The van der Waals surface area contributed by atoms with E-state index in [0.717, 1.165) is 11.0 Å². The van der Waals surface area contributed by atoms with Crippen molar-refractivity contribution >= 4 is 16.7 Å². The lowest BCUT2D eigenvalue weighted by Crippen LogP contribution is -2.06. The largest absolute Gasteiger partial charge is 0.399 e. The van der Waals surface area contributed by atoms with E-state index in [1.807, 2.05) is 10.6 Å². The summed E-state index contributed by atoms with van der Waals surface area (Å²) in [6.07, 6.45) is 1.27. The summed E-state index contributed by atoms with van der Waals surface area (Å²) in [4.78, 5) is 8.28. The second-order valence-electron chi connectivity index (χ2n) is 3.87. The Morgan fingerprint density at radius 2 is 2.28 bits per heavy atom. The third kappa shape index (κ3) is 1.70. The molecule has 0 unspecified atom stereocenters. The molecule has 0 aliphatic heterocycles. The highest BCUT2D eigenvalue weighted by molar-refractivity contribution is 5.79. The molecule has 92 valence electrons. The van der Waals surface area contributed by atoms with Crippen LogP contribution in [0.3, 0.4) is 0 Å². The first kappa shape index (κ1) is 10.7. The van der Waals surface area contributed by atoms with E-state index in [4.69, 9.17) is 10.3 Å². The topological polar surface area (TPSA) is 103 Å². The molecule has 3 rings (SSSR count). The number of fused-ring (bicyclic) bond motifs is 1. The fourth-order valence-electron chi connectivity index (χ4n) is 1.90. The summed E-state index contributed by atoms with van der Waals surface area (Å²) < 4.78 is 6.52. The Kier molecular flexibility index (Phi) is 2.45. The zero-order valence-electron chi connectivity index (χ0n) is 9.45. The number of hydrogen-bond acceptors (Lipinski definition) is 6. The monoisotopic (exact) mass is 245 g/mol. The molecule has 0 fully saturated rings. The second-order valence-corrected chi connectivity index (χ2v) is 3.87. The van der Waals surface area contributed by atoms with Gasteiger partial charge in [0.1, 0.15) is 12.4 Å². The van der Waals surface area contributed by atoms with Gasteiger partial charge < -0.3 is 19.9 Å². The summed E-state index contributed by atoms with van der Waals surface area (Å²) in [6, 6.07) is 5.41. The number of nitrogen functional groups attached to an aromatic ring is 1. The van der Waals surface area contributed by atoms with Crippen LogP contribution >= 0.6 is 0 Å². The van der Waals surface area contributed by atoms with E-state index in [-0.39, 0.29) is 6.61 Å². The minimum absolute atomic E-state index is 0.160. The van der Waals surface area contributed by atoms with Crippen molar-refractivity contribution in [3.05, 3.63) is 36.2 Å². The maximum atomic E-state index is 9.34. The molecule has 0 aliphatic carbocycles. The van der Waals surface area contributed by atoms with Crippen molar-refractivity contribution in [2.24, 2.45) is 0 Å². The van der Waals surface area contributed by atoms with Crippen LogP contribution in [0, 0.1) is 0 Å². The minimum atomic E-state index is -0.160. The molecule has 0 saturated heterocycles. The second kappa shape index (κ2) is 4.11. The lowest BCUT2D eigenvalue weighted by Gasteiger charge is -2.04. The molecule has 0 radical (unpaired) electrons. The predicted octanol–water partition coefficient (Wildman–Crippen LogP) is 0.542. The lowest BCUT2D eigenvalue weighted by molar-refractivity contribution is 0.266. The number of nitrogens with zero attached hydrogens (tertiary/aromatic N) is 4. The molecule has 7 nitrogen and oxygen atoms in total. The standard InChI is InChI=1S/C11H11N5O2/c12-7-1-2-9-8(3-7)14-11(5-17)16(9)4-10-13-6-18-15-10/h1-3,6,17H,4-5,12H2. The molecule has 7 heteroatoms. The van der Waals surface area contributed by atoms with Crippen LogP contribution < -0.4 is 5.73 Å². The van der Waals surface area contributed by atoms with Crippen LogP contribution in [0.4, 0.5) is 5.69 Å². The summed E-state index contributed by atoms with van der Waals surface area (Å²) in [5.41, 5.74) is 7.96. The van der Waals surface area contributed by atoms with Crippen LogP contribution in [0.25, 0.3) is 11.0 Å². The highest BCUT2D eigenvalue weighted by Crippen LogP contribution is 2.19. The predicted molar refractivity (Wildman–Crippen MR) is 63.5 cm³/mol. The summed E-state index contributed by atoms with van der Waals surface area (Å²) in [5, 5.41) is 13.1. The molecule has 0 saturated carbocycles. The van der Waals surface area contributed by atoms with Crippen molar-refractivity contribution in [2.45, 2.75) is 13.2 Å². The average Bonchev–Trinajstić information content (AvgIpc) is 2.97. The number of imidazole rings is 1. The van der Waals surface area contributed by atoms with E-state index in [9.17, 15) is 5.11 Å². The highest BCUT2D eigenvalue weighted by atomic mass is 16.5. The number of rotatable bonds is 3. The minimum Gasteiger partial charge on any atom is -0.399 e. The van der Waals surface area contributed by atoms with E-state index in [0.29, 0.717) is 23.9 Å². The Labute approximate surface area is 102 Å². The molecule has 0 amide bonds. The van der Waals surface area contributed by atoms with Crippen molar-refractivity contribution in [3.8, 4) is 0 Å². The molecular weight excluding hydrogens is 234 g/mol. The van der Waals surface area contributed by atoms with Crippen molar-refractivity contribution in [1.82, 2.24) is 19.7 Å². The van der Waals surface area contributed by atoms with Crippen molar-refractivity contribution in [2.75, 3.05) is 5.73 Å². The number of aromatic nitrogens is 4. The van der Waals surface area contributed by atoms with Gasteiger partial charge in [0.2, 0.25) is 6.39 Å². The molecule has 0 atom stereocenters. The molecule has 3 aromatic rings. The fourth-order valence-corrected chi connectivity index (χ4v) is 1.90. The van der Waals surface area contributed by atoms with E-state index >= 15 is 0 Å². The molecule has 18 heavy (non-hydrogen) atoms. The molecule has 0 spiro atoms. The zero-order valence-corrected chi connectivity index (χ0v) is 9.45. The van der Waals surface area contributed by atoms with Crippen LogP contribution in [-0.2, 0) is 13.2 Å². The van der Waals surface area contributed by atoms with Gasteiger partial charge in [-0.3, -0.25) is 0 Å². The number of anilines is 1. The van der Waals surface area contributed by atoms with Gasteiger partial charge in [-0.15, -0.1) is 0 Å². The first-order chi connectivity index (χ1) is 8.78. The Morgan fingerprint density at radius 3 is 3.00 bits per heavy atom. The molecule has 0 aliphatic rings. The number of aliphatic hydroxyl groups is 1. The van der Waals surface area contributed by atoms with Crippen LogP contribution in [0.2, 0.25) is 0 Å². The number of nitrogens with two attached hydrogens (primary N) is 1. The van der Waals surface area contributed by atoms with Gasteiger partial charge in [0.25, 0.3) is 0 Å². The highest BCUT2D eigenvalue weighted by Gasteiger charge is 2.12. The molecule has 2 heterocycles. The summed E-state index contributed by atoms with van der Waals surface area (Å²) in [7, 11) is 0. The Hall–Kier alpha value is -2.41. The van der Waals surface area contributed by atoms with Crippen LogP contribution in [0.5, 0.6) is 0 Å². The van der Waals surface area contributed by atoms with Gasteiger partial charge in [0.05, 0.1) is 17.6 Å². The third-order valence-electron chi connectivity index (χ3n) is 2.70. The summed E-state index contributed by atoms with van der Waals surface area (Å²) in [5.74, 6) is 1.07. The SMILES string of the molecule is Nc1ccc2c(c1)nc(CO)n2Cc1ncon1. The number of hydrogen-bond donors (Lipinski definition) is 2. The van der Waals surface area contributed by atoms with Gasteiger partial charge in [-0.1, -0.05) is 5.16 Å². The third-order valence-corrected chi connectivity index (χ3v) is 2.70. The molecule has 0 bridgehead atoms. The molecular formula is C11H11N5O2. The van der Waals surface area contributed by atoms with Crippen LogP contribution in [-0.4, -0.2) is 24.8 Å². The quantitative estimate of drug-likeness (QED) is 0.653. The van der Waals surface area contributed by atoms with Crippen molar-refractivity contribution in [1.29, 1.82) is 0 Å². The van der Waals surface area contributed by atoms with E-state index in [2.05, 4.69) is 15.1 Å². The van der Waals surface area contributed by atoms with Gasteiger partial charge in [-0.05, 0) is 18.2 Å². The summed E-state index contributed by atoms with van der Waals surface area (Å²) >= 11 is 0. The first-order valence-electron chi connectivity index (χ1n) is 5.38.